The molecule has 0 saturated carbocycles. The van der Waals surface area contributed by atoms with Gasteiger partial charge in [0.2, 0.25) is 5.91 Å². The lowest BCUT2D eigenvalue weighted by molar-refractivity contribution is -0.120. The van der Waals surface area contributed by atoms with E-state index in [2.05, 4.69) is 46.6 Å². The summed E-state index contributed by atoms with van der Waals surface area (Å²) >= 11 is 0. The summed E-state index contributed by atoms with van der Waals surface area (Å²) in [6.45, 7) is 7.43. The van der Waals surface area contributed by atoms with Crippen LogP contribution in [0.15, 0.2) is 28.8 Å². The molecular formula is C19H25N3O2. The first-order valence-electron chi connectivity index (χ1n) is 8.59. The van der Waals surface area contributed by atoms with Crippen LogP contribution in [0.3, 0.4) is 0 Å². The van der Waals surface area contributed by atoms with E-state index in [-0.39, 0.29) is 5.91 Å². The summed E-state index contributed by atoms with van der Waals surface area (Å²) in [5.74, 6) is 0.739. The van der Waals surface area contributed by atoms with Gasteiger partial charge >= 0.3 is 0 Å². The van der Waals surface area contributed by atoms with Gasteiger partial charge in [-0.1, -0.05) is 23.4 Å². The highest BCUT2D eigenvalue weighted by Gasteiger charge is 2.22. The standard InChI is InChI=1S/C19H25N3O2/c1-13-8-9-16-6-4-5-7-18(16)22(13)11-10-20-19(23)12-17-14(2)21-24-15(17)3/h4-7,13H,8-12H2,1-3H3,(H,20,23)/t13-/m1/s1. The van der Waals surface area contributed by atoms with Crippen LogP contribution in [0.4, 0.5) is 5.69 Å². The van der Waals surface area contributed by atoms with Crippen LogP contribution in [0.1, 0.15) is 35.9 Å². The normalized spacial score (nSPS) is 16.8. The Hall–Kier alpha value is -2.30. The average Bonchev–Trinajstić information content (AvgIpc) is 2.89. The molecule has 0 unspecified atom stereocenters. The number of aryl methyl sites for hydroxylation is 3. The first-order chi connectivity index (χ1) is 11.6. The van der Waals surface area contributed by atoms with Crippen molar-refractivity contribution in [3.63, 3.8) is 0 Å². The Kier molecular flexibility index (Phi) is 4.88. The van der Waals surface area contributed by atoms with Crippen molar-refractivity contribution < 1.29 is 9.32 Å². The molecule has 1 amide bonds. The average molecular weight is 327 g/mol. The number of anilines is 1. The SMILES string of the molecule is Cc1noc(C)c1CC(=O)NCCN1c2ccccc2CC[C@H]1C. The second-order valence-corrected chi connectivity index (χ2v) is 6.54. The Bertz CT molecular complexity index is 704. The third-order valence-electron chi connectivity index (χ3n) is 4.86. The number of aromatic nitrogens is 1. The molecule has 0 saturated heterocycles. The van der Waals surface area contributed by atoms with Gasteiger partial charge in [-0.3, -0.25) is 4.79 Å². The van der Waals surface area contributed by atoms with E-state index in [1.54, 1.807) is 0 Å². The second kappa shape index (κ2) is 7.07. The summed E-state index contributed by atoms with van der Waals surface area (Å²) in [4.78, 5) is 14.6. The molecule has 1 aliphatic heterocycles. The van der Waals surface area contributed by atoms with Crippen molar-refractivity contribution in [3.8, 4) is 0 Å². The number of rotatable bonds is 5. The Balaban J connectivity index is 1.56. The fourth-order valence-corrected chi connectivity index (χ4v) is 3.39. The van der Waals surface area contributed by atoms with Crippen LogP contribution in [0, 0.1) is 13.8 Å². The molecule has 3 rings (SSSR count). The summed E-state index contributed by atoms with van der Waals surface area (Å²) in [5.41, 5.74) is 4.39. The number of hydrogen-bond acceptors (Lipinski definition) is 4. The zero-order valence-electron chi connectivity index (χ0n) is 14.6. The molecule has 0 radical (unpaired) electrons. The van der Waals surface area contributed by atoms with Crippen molar-refractivity contribution in [1.82, 2.24) is 10.5 Å². The third kappa shape index (κ3) is 3.45. The molecule has 2 aromatic rings. The van der Waals surface area contributed by atoms with Crippen LogP contribution >= 0.6 is 0 Å². The predicted molar refractivity (Wildman–Crippen MR) is 94.3 cm³/mol. The quantitative estimate of drug-likeness (QED) is 0.917. The number of carbonyl (C=O) groups is 1. The maximum Gasteiger partial charge on any atom is 0.224 e. The monoisotopic (exact) mass is 327 g/mol. The van der Waals surface area contributed by atoms with Gasteiger partial charge in [0.1, 0.15) is 5.76 Å². The Morgan fingerprint density at radius 3 is 2.92 bits per heavy atom. The van der Waals surface area contributed by atoms with E-state index >= 15 is 0 Å². The van der Waals surface area contributed by atoms with Gasteiger partial charge in [-0.25, -0.2) is 0 Å². The molecule has 0 fully saturated rings. The minimum atomic E-state index is 0.0161. The van der Waals surface area contributed by atoms with Gasteiger partial charge in [0, 0.05) is 30.4 Å². The molecule has 1 aliphatic rings. The van der Waals surface area contributed by atoms with E-state index in [0.29, 0.717) is 19.0 Å². The zero-order valence-corrected chi connectivity index (χ0v) is 14.6. The lowest BCUT2D eigenvalue weighted by atomic mass is 9.97. The minimum absolute atomic E-state index is 0.0161. The molecule has 0 aliphatic carbocycles. The highest BCUT2D eigenvalue weighted by molar-refractivity contribution is 5.79. The molecule has 0 bridgehead atoms. The first-order valence-corrected chi connectivity index (χ1v) is 8.59. The topological polar surface area (TPSA) is 58.4 Å². The van der Waals surface area contributed by atoms with Crippen molar-refractivity contribution in [2.75, 3.05) is 18.0 Å². The largest absolute Gasteiger partial charge is 0.367 e. The van der Waals surface area contributed by atoms with E-state index in [1.807, 2.05) is 13.8 Å². The highest BCUT2D eigenvalue weighted by Crippen LogP contribution is 2.29. The zero-order chi connectivity index (χ0) is 17.1. The van der Waals surface area contributed by atoms with Gasteiger partial charge in [-0.2, -0.15) is 0 Å². The lowest BCUT2D eigenvalue weighted by Gasteiger charge is -2.37. The summed E-state index contributed by atoms with van der Waals surface area (Å²) in [5, 5.41) is 6.92. The van der Waals surface area contributed by atoms with Gasteiger partial charge < -0.3 is 14.7 Å². The summed E-state index contributed by atoms with van der Waals surface area (Å²) < 4.78 is 5.11. The minimum Gasteiger partial charge on any atom is -0.367 e. The van der Waals surface area contributed by atoms with E-state index in [4.69, 9.17) is 4.52 Å². The van der Waals surface area contributed by atoms with Crippen molar-refractivity contribution >= 4 is 11.6 Å². The third-order valence-corrected chi connectivity index (χ3v) is 4.86. The highest BCUT2D eigenvalue weighted by atomic mass is 16.5. The maximum absolute atomic E-state index is 12.2. The van der Waals surface area contributed by atoms with Crippen LogP contribution in [0.2, 0.25) is 0 Å². The number of amides is 1. The molecule has 128 valence electrons. The van der Waals surface area contributed by atoms with Gasteiger partial charge in [0.15, 0.2) is 0 Å². The Morgan fingerprint density at radius 1 is 1.38 bits per heavy atom. The number of fused-ring (bicyclic) bond motifs is 1. The van der Waals surface area contributed by atoms with Crippen molar-refractivity contribution in [2.45, 2.75) is 46.1 Å². The predicted octanol–water partition coefficient (Wildman–Crippen LogP) is 2.79. The molecule has 1 N–H and O–H groups in total. The molecule has 1 atom stereocenters. The summed E-state index contributed by atoms with van der Waals surface area (Å²) in [7, 11) is 0. The smallest absolute Gasteiger partial charge is 0.224 e. The van der Waals surface area contributed by atoms with Crippen LogP contribution in [0.25, 0.3) is 0 Å². The molecular weight excluding hydrogens is 302 g/mol. The molecule has 5 heteroatoms. The van der Waals surface area contributed by atoms with E-state index in [0.717, 1.165) is 36.4 Å². The van der Waals surface area contributed by atoms with Gasteiger partial charge in [0.05, 0.1) is 12.1 Å². The summed E-state index contributed by atoms with van der Waals surface area (Å²) in [6.07, 6.45) is 2.61. The first kappa shape index (κ1) is 16.6. The van der Waals surface area contributed by atoms with Gasteiger partial charge in [-0.05, 0) is 45.2 Å². The van der Waals surface area contributed by atoms with Crippen molar-refractivity contribution in [3.05, 3.63) is 46.8 Å². The van der Waals surface area contributed by atoms with E-state index < -0.39 is 0 Å². The molecule has 0 spiro atoms. The Labute approximate surface area is 143 Å². The van der Waals surface area contributed by atoms with Crippen LogP contribution < -0.4 is 10.2 Å². The molecule has 24 heavy (non-hydrogen) atoms. The number of benzene rings is 1. The van der Waals surface area contributed by atoms with E-state index in [9.17, 15) is 4.79 Å². The van der Waals surface area contributed by atoms with Crippen LogP contribution in [0.5, 0.6) is 0 Å². The van der Waals surface area contributed by atoms with Gasteiger partial charge in [0.25, 0.3) is 0 Å². The van der Waals surface area contributed by atoms with Crippen molar-refractivity contribution in [2.24, 2.45) is 0 Å². The fraction of sp³-hybridized carbons (Fsp3) is 0.474. The molecule has 2 heterocycles. The van der Waals surface area contributed by atoms with E-state index in [1.165, 1.54) is 11.3 Å². The number of para-hydroxylation sites is 1. The molecule has 5 nitrogen and oxygen atoms in total. The second-order valence-electron chi connectivity index (χ2n) is 6.54. The Morgan fingerprint density at radius 2 is 2.17 bits per heavy atom. The molecule has 1 aromatic heterocycles. The molecule has 1 aromatic carbocycles. The van der Waals surface area contributed by atoms with Crippen molar-refractivity contribution in [1.29, 1.82) is 0 Å². The van der Waals surface area contributed by atoms with Crippen LogP contribution in [-0.4, -0.2) is 30.2 Å². The number of hydrogen-bond donors (Lipinski definition) is 1. The van der Waals surface area contributed by atoms with Crippen LogP contribution in [-0.2, 0) is 17.6 Å². The fourth-order valence-electron chi connectivity index (χ4n) is 3.39. The lowest BCUT2D eigenvalue weighted by Crippen LogP contribution is -2.42. The number of nitrogens with one attached hydrogen (secondary N) is 1. The number of nitrogens with zero attached hydrogens (tertiary/aromatic N) is 2. The summed E-state index contributed by atoms with van der Waals surface area (Å²) in [6, 6.07) is 9.05. The maximum atomic E-state index is 12.2. The van der Waals surface area contributed by atoms with Gasteiger partial charge in [-0.15, -0.1) is 0 Å². The number of carbonyl (C=O) groups excluding carboxylic acids is 1.